The van der Waals surface area contributed by atoms with E-state index in [0.29, 0.717) is 6.07 Å². The van der Waals surface area contributed by atoms with Gasteiger partial charge in [0.15, 0.2) is 0 Å². The second-order valence-electron chi connectivity index (χ2n) is 3.38. The van der Waals surface area contributed by atoms with Crippen LogP contribution in [-0.4, -0.2) is 5.11 Å². The highest BCUT2D eigenvalue weighted by Crippen LogP contribution is 2.41. The van der Waals surface area contributed by atoms with Crippen molar-refractivity contribution in [2.24, 2.45) is 0 Å². The monoisotopic (exact) mass is 258 g/mol. The van der Waals surface area contributed by atoms with Crippen LogP contribution in [0.5, 0.6) is 5.75 Å². The van der Waals surface area contributed by atoms with Gasteiger partial charge in [-0.15, -0.1) is 0 Å². The molecular formula is C10H8F6O. The molecule has 0 aliphatic heterocycles. The molecule has 17 heavy (non-hydrogen) atoms. The number of aromatic hydroxyl groups is 1. The molecule has 0 heterocycles. The van der Waals surface area contributed by atoms with Gasteiger partial charge >= 0.3 is 12.4 Å². The number of halogens is 6. The van der Waals surface area contributed by atoms with Crippen molar-refractivity contribution < 1.29 is 31.4 Å². The van der Waals surface area contributed by atoms with Crippen molar-refractivity contribution in [2.75, 3.05) is 0 Å². The van der Waals surface area contributed by atoms with Crippen LogP contribution in [0, 0.1) is 0 Å². The molecule has 0 aromatic heterocycles. The van der Waals surface area contributed by atoms with E-state index in [1.807, 2.05) is 0 Å². The number of phenols is 1. The maximum absolute atomic E-state index is 12.4. The van der Waals surface area contributed by atoms with Gasteiger partial charge in [-0.3, -0.25) is 0 Å². The maximum Gasteiger partial charge on any atom is 0.419 e. The molecule has 1 aromatic rings. The standard InChI is InChI=1S/C10H8F6O/c1-2-5-3-6(9(11,12)13)4-7(8(5)17)10(14,15)16/h3-4,17H,2H2,1H3. The van der Waals surface area contributed by atoms with Crippen LogP contribution in [0.3, 0.4) is 0 Å². The van der Waals surface area contributed by atoms with Crippen molar-refractivity contribution in [3.63, 3.8) is 0 Å². The first-order valence-corrected chi connectivity index (χ1v) is 4.57. The highest BCUT2D eigenvalue weighted by molar-refractivity contribution is 5.46. The van der Waals surface area contributed by atoms with E-state index in [9.17, 15) is 31.4 Å². The van der Waals surface area contributed by atoms with Gasteiger partial charge < -0.3 is 5.11 Å². The number of aryl methyl sites for hydroxylation is 1. The minimum absolute atomic E-state index is 0.0888. The Morgan fingerprint density at radius 1 is 1.00 bits per heavy atom. The summed E-state index contributed by atoms with van der Waals surface area (Å²) in [6.07, 6.45) is -10.0. The molecule has 0 amide bonds. The fraction of sp³-hybridized carbons (Fsp3) is 0.400. The van der Waals surface area contributed by atoms with Gasteiger partial charge in [-0.25, -0.2) is 0 Å². The Hall–Kier alpha value is -1.40. The predicted octanol–water partition coefficient (Wildman–Crippen LogP) is 3.99. The third kappa shape index (κ3) is 2.83. The van der Waals surface area contributed by atoms with Gasteiger partial charge in [-0.2, -0.15) is 26.3 Å². The third-order valence-electron chi connectivity index (χ3n) is 2.20. The highest BCUT2D eigenvalue weighted by atomic mass is 19.4. The molecule has 0 bridgehead atoms. The van der Waals surface area contributed by atoms with E-state index in [0.717, 1.165) is 0 Å². The summed E-state index contributed by atoms with van der Waals surface area (Å²) in [6, 6.07) is 0.430. The van der Waals surface area contributed by atoms with Gasteiger partial charge in [0.2, 0.25) is 0 Å². The van der Waals surface area contributed by atoms with E-state index in [-0.39, 0.29) is 18.1 Å². The molecule has 7 heteroatoms. The van der Waals surface area contributed by atoms with Crippen molar-refractivity contribution >= 4 is 0 Å². The van der Waals surface area contributed by atoms with E-state index < -0.39 is 29.2 Å². The maximum atomic E-state index is 12.4. The third-order valence-corrected chi connectivity index (χ3v) is 2.20. The molecule has 0 saturated heterocycles. The molecule has 96 valence electrons. The van der Waals surface area contributed by atoms with Crippen LogP contribution in [0.15, 0.2) is 12.1 Å². The first-order valence-electron chi connectivity index (χ1n) is 4.57. The summed E-state index contributed by atoms with van der Waals surface area (Å²) in [5.41, 5.74) is -3.46. The van der Waals surface area contributed by atoms with Crippen LogP contribution in [0.4, 0.5) is 26.3 Å². The lowest BCUT2D eigenvalue weighted by Gasteiger charge is -2.15. The van der Waals surface area contributed by atoms with Gasteiger partial charge in [-0.05, 0) is 24.1 Å². The van der Waals surface area contributed by atoms with Crippen molar-refractivity contribution in [1.29, 1.82) is 0 Å². The summed E-state index contributed by atoms with van der Waals surface area (Å²) in [7, 11) is 0. The normalized spacial score (nSPS) is 12.9. The SMILES string of the molecule is CCc1cc(C(F)(F)F)cc(C(F)(F)F)c1O. The Kier molecular flexibility index (Phi) is 3.31. The minimum Gasteiger partial charge on any atom is -0.507 e. The summed E-state index contributed by atoms with van der Waals surface area (Å²) < 4.78 is 74.3. The lowest BCUT2D eigenvalue weighted by Crippen LogP contribution is -2.12. The van der Waals surface area contributed by atoms with Gasteiger partial charge in [-0.1, -0.05) is 6.92 Å². The average Bonchev–Trinajstić information content (AvgIpc) is 2.14. The van der Waals surface area contributed by atoms with Gasteiger partial charge in [0.1, 0.15) is 5.75 Å². The molecule has 0 fully saturated rings. The molecule has 1 aromatic carbocycles. The summed E-state index contributed by atoms with van der Waals surface area (Å²) in [5, 5.41) is 9.23. The number of rotatable bonds is 1. The number of alkyl halides is 6. The number of hydrogen-bond acceptors (Lipinski definition) is 1. The molecule has 1 nitrogen and oxygen atoms in total. The summed E-state index contributed by atoms with van der Waals surface area (Å²) in [5.74, 6) is -1.15. The molecule has 0 radical (unpaired) electrons. The summed E-state index contributed by atoms with van der Waals surface area (Å²) in [6.45, 7) is 1.36. The zero-order valence-electron chi connectivity index (χ0n) is 8.58. The van der Waals surface area contributed by atoms with E-state index in [1.54, 1.807) is 0 Å². The smallest absolute Gasteiger partial charge is 0.419 e. The van der Waals surface area contributed by atoms with Crippen molar-refractivity contribution in [3.8, 4) is 5.75 Å². The van der Waals surface area contributed by atoms with Crippen LogP contribution in [0.1, 0.15) is 23.6 Å². The Bertz CT molecular complexity index is 418. The first kappa shape index (κ1) is 13.7. The van der Waals surface area contributed by atoms with Crippen molar-refractivity contribution in [2.45, 2.75) is 25.7 Å². The molecule has 0 aliphatic rings. The van der Waals surface area contributed by atoms with E-state index in [2.05, 4.69) is 0 Å². The number of benzene rings is 1. The van der Waals surface area contributed by atoms with E-state index >= 15 is 0 Å². The fourth-order valence-corrected chi connectivity index (χ4v) is 1.34. The predicted molar refractivity (Wildman–Crippen MR) is 47.5 cm³/mol. The zero-order valence-corrected chi connectivity index (χ0v) is 8.58. The largest absolute Gasteiger partial charge is 0.507 e. The number of hydrogen-bond donors (Lipinski definition) is 1. The number of phenolic OH excluding ortho intramolecular Hbond substituents is 1. The molecule has 0 saturated carbocycles. The topological polar surface area (TPSA) is 20.2 Å². The van der Waals surface area contributed by atoms with Gasteiger partial charge in [0.25, 0.3) is 0 Å². The zero-order chi connectivity index (χ0) is 13.4. The Morgan fingerprint density at radius 2 is 1.53 bits per heavy atom. The summed E-state index contributed by atoms with van der Waals surface area (Å²) >= 11 is 0. The highest BCUT2D eigenvalue weighted by Gasteiger charge is 2.39. The molecule has 0 spiro atoms. The molecule has 0 atom stereocenters. The van der Waals surface area contributed by atoms with Gasteiger partial charge in [0, 0.05) is 0 Å². The molecule has 1 N–H and O–H groups in total. The summed E-state index contributed by atoms with van der Waals surface area (Å²) in [4.78, 5) is 0. The minimum atomic E-state index is -5.02. The fourth-order valence-electron chi connectivity index (χ4n) is 1.34. The molecular weight excluding hydrogens is 250 g/mol. The van der Waals surface area contributed by atoms with Crippen LogP contribution >= 0.6 is 0 Å². The molecule has 0 aliphatic carbocycles. The van der Waals surface area contributed by atoms with Crippen LogP contribution in [-0.2, 0) is 18.8 Å². The van der Waals surface area contributed by atoms with E-state index in [1.165, 1.54) is 6.92 Å². The lowest BCUT2D eigenvalue weighted by atomic mass is 10.0. The van der Waals surface area contributed by atoms with Crippen LogP contribution in [0.25, 0.3) is 0 Å². The Morgan fingerprint density at radius 3 is 1.88 bits per heavy atom. The van der Waals surface area contributed by atoms with Crippen LogP contribution in [0.2, 0.25) is 0 Å². The lowest BCUT2D eigenvalue weighted by molar-refractivity contribution is -0.143. The molecule has 0 unspecified atom stereocenters. The van der Waals surface area contributed by atoms with E-state index in [4.69, 9.17) is 0 Å². The molecule has 1 rings (SSSR count). The van der Waals surface area contributed by atoms with Crippen molar-refractivity contribution in [3.05, 3.63) is 28.8 Å². The Labute approximate surface area is 92.7 Å². The second-order valence-corrected chi connectivity index (χ2v) is 3.38. The quantitative estimate of drug-likeness (QED) is 0.755. The average molecular weight is 258 g/mol. The second kappa shape index (κ2) is 4.12. The Balaban J connectivity index is 3.50. The van der Waals surface area contributed by atoms with Crippen molar-refractivity contribution in [1.82, 2.24) is 0 Å². The van der Waals surface area contributed by atoms with Gasteiger partial charge in [0.05, 0.1) is 11.1 Å². The van der Waals surface area contributed by atoms with Crippen LogP contribution < -0.4 is 0 Å². The first-order chi connectivity index (χ1) is 7.57.